The lowest BCUT2D eigenvalue weighted by Crippen LogP contribution is -2.38. The number of aliphatic imine (C=N–C) groups is 1. The number of nitrogens with two attached hydrogens (primary N) is 2. The van der Waals surface area contributed by atoms with Crippen molar-refractivity contribution in [2.24, 2.45) is 16.5 Å². The molecule has 0 spiro atoms. The minimum Gasteiger partial charge on any atom is -0.370 e. The largest absolute Gasteiger partial charge is 0.416 e. The van der Waals surface area contributed by atoms with E-state index in [1.807, 2.05) is 6.07 Å². The van der Waals surface area contributed by atoms with Crippen molar-refractivity contribution in [2.75, 3.05) is 13.1 Å². The molecule has 0 saturated carbocycles. The second-order valence-electron chi connectivity index (χ2n) is 7.22. The van der Waals surface area contributed by atoms with Crippen molar-refractivity contribution in [3.8, 4) is 0 Å². The summed E-state index contributed by atoms with van der Waals surface area (Å²) < 4.78 is 41.9. The molecule has 0 unspecified atom stereocenters. The van der Waals surface area contributed by atoms with Gasteiger partial charge in [-0.2, -0.15) is 18.2 Å². The van der Waals surface area contributed by atoms with Crippen LogP contribution in [0.25, 0.3) is 0 Å². The van der Waals surface area contributed by atoms with Crippen LogP contribution in [0.2, 0.25) is 0 Å². The number of rotatable bonds is 3. The number of piperidine rings is 1. The first-order chi connectivity index (χ1) is 14.6. The Balaban J connectivity index is 1.80. The molecule has 1 saturated heterocycles. The molecule has 2 aromatic carbocycles. The summed E-state index contributed by atoms with van der Waals surface area (Å²) in [5, 5.41) is 0. The lowest BCUT2D eigenvalue weighted by Gasteiger charge is -2.33. The van der Waals surface area contributed by atoms with Gasteiger partial charge >= 0.3 is 6.18 Å². The molecular weight excluding hydrogens is 477 g/mol. The van der Waals surface area contributed by atoms with E-state index >= 15 is 0 Å². The molecular formula is C21H20BrF3N4O2. The summed E-state index contributed by atoms with van der Waals surface area (Å²) in [6.07, 6.45) is -3.89. The summed E-state index contributed by atoms with van der Waals surface area (Å²) in [5.74, 6) is -2.01. The highest BCUT2D eigenvalue weighted by Crippen LogP contribution is 2.39. The number of guanidine groups is 1. The van der Waals surface area contributed by atoms with Crippen LogP contribution in [0, 0.1) is 0 Å². The molecule has 10 heteroatoms. The van der Waals surface area contributed by atoms with Crippen molar-refractivity contribution in [2.45, 2.75) is 24.9 Å². The van der Waals surface area contributed by atoms with Gasteiger partial charge in [-0.3, -0.25) is 9.59 Å². The molecule has 0 atom stereocenters. The van der Waals surface area contributed by atoms with Gasteiger partial charge in [0.2, 0.25) is 0 Å². The molecule has 6 nitrogen and oxygen atoms in total. The number of amides is 2. The Morgan fingerprint density at radius 2 is 1.71 bits per heavy atom. The fraction of sp³-hybridized carbons (Fsp3) is 0.286. The highest BCUT2D eigenvalue weighted by Gasteiger charge is 2.37. The van der Waals surface area contributed by atoms with E-state index in [0.29, 0.717) is 31.5 Å². The van der Waals surface area contributed by atoms with Crippen molar-refractivity contribution < 1.29 is 22.8 Å². The first kappa shape index (κ1) is 22.8. The third-order valence-electron chi connectivity index (χ3n) is 5.13. The lowest BCUT2D eigenvalue weighted by atomic mass is 9.85. The number of likely N-dealkylation sites (tertiary alicyclic amines) is 1. The van der Waals surface area contributed by atoms with Crippen LogP contribution in [0.15, 0.2) is 51.9 Å². The number of hydrogen-bond acceptors (Lipinski definition) is 2. The van der Waals surface area contributed by atoms with Gasteiger partial charge in [0, 0.05) is 28.7 Å². The van der Waals surface area contributed by atoms with E-state index in [4.69, 9.17) is 11.5 Å². The Bertz CT molecular complexity index is 1030. The van der Waals surface area contributed by atoms with Gasteiger partial charge in [-0.15, -0.1) is 0 Å². The van der Waals surface area contributed by atoms with Crippen molar-refractivity contribution >= 4 is 33.7 Å². The minimum absolute atomic E-state index is 0.100. The Morgan fingerprint density at radius 3 is 2.29 bits per heavy atom. The summed E-state index contributed by atoms with van der Waals surface area (Å²) in [4.78, 5) is 29.6. The number of carbonyl (C=O) groups excluding carboxylic acids is 2. The second kappa shape index (κ2) is 9.09. The number of carbonyl (C=O) groups is 2. The standard InChI is InChI=1S/C21H20BrF3N4O2/c22-15-3-1-2-14(10-15)19(31)29-8-6-12(7-9-29)16-5-4-13(18(30)28-20(26)27)11-17(16)21(23,24)25/h1-5,10-12H,6-9H2,(H4,26,27,28,30). The molecule has 2 aromatic rings. The van der Waals surface area contributed by atoms with Gasteiger partial charge in [0.15, 0.2) is 5.96 Å². The molecule has 4 N–H and O–H groups in total. The van der Waals surface area contributed by atoms with E-state index in [0.717, 1.165) is 10.5 Å². The smallest absolute Gasteiger partial charge is 0.370 e. The van der Waals surface area contributed by atoms with Gasteiger partial charge in [0.05, 0.1) is 5.56 Å². The zero-order valence-electron chi connectivity index (χ0n) is 16.3. The third kappa shape index (κ3) is 5.43. The van der Waals surface area contributed by atoms with Gasteiger partial charge in [-0.1, -0.05) is 28.1 Å². The summed E-state index contributed by atoms with van der Waals surface area (Å²) >= 11 is 3.33. The third-order valence-corrected chi connectivity index (χ3v) is 5.62. The van der Waals surface area contributed by atoms with E-state index in [1.54, 1.807) is 23.1 Å². The normalized spacial score (nSPS) is 14.9. The molecule has 1 fully saturated rings. The Morgan fingerprint density at radius 1 is 1.03 bits per heavy atom. The number of halogens is 4. The van der Waals surface area contributed by atoms with Crippen LogP contribution in [-0.2, 0) is 6.18 Å². The number of hydrogen-bond donors (Lipinski definition) is 2. The topological polar surface area (TPSA) is 102 Å². The highest BCUT2D eigenvalue weighted by molar-refractivity contribution is 9.10. The van der Waals surface area contributed by atoms with Crippen molar-refractivity contribution in [1.29, 1.82) is 0 Å². The summed E-state index contributed by atoms with van der Waals surface area (Å²) in [6, 6.07) is 10.3. The van der Waals surface area contributed by atoms with Gasteiger partial charge in [-0.05, 0) is 54.7 Å². The van der Waals surface area contributed by atoms with Crippen LogP contribution in [0.1, 0.15) is 50.6 Å². The maximum absolute atomic E-state index is 13.7. The van der Waals surface area contributed by atoms with Crippen molar-refractivity contribution in [3.05, 3.63) is 69.2 Å². The van der Waals surface area contributed by atoms with Crippen LogP contribution >= 0.6 is 15.9 Å². The summed E-state index contributed by atoms with van der Waals surface area (Å²) in [7, 11) is 0. The molecule has 3 rings (SSSR count). The van der Waals surface area contributed by atoms with Crippen LogP contribution < -0.4 is 11.5 Å². The van der Waals surface area contributed by atoms with Gasteiger partial charge in [-0.25, -0.2) is 0 Å². The molecule has 31 heavy (non-hydrogen) atoms. The number of nitrogens with zero attached hydrogens (tertiary/aromatic N) is 2. The van der Waals surface area contributed by atoms with E-state index in [1.165, 1.54) is 12.1 Å². The SMILES string of the molecule is NC(N)=NC(=O)c1ccc(C2CCN(C(=O)c3cccc(Br)c3)CC2)c(C(F)(F)F)c1. The monoisotopic (exact) mass is 496 g/mol. The van der Waals surface area contributed by atoms with E-state index < -0.39 is 29.5 Å². The molecule has 1 aliphatic rings. The lowest BCUT2D eigenvalue weighted by molar-refractivity contribution is -0.138. The average Bonchev–Trinajstić information content (AvgIpc) is 2.72. The fourth-order valence-corrected chi connectivity index (χ4v) is 4.07. The maximum Gasteiger partial charge on any atom is 0.416 e. The molecule has 1 aliphatic heterocycles. The van der Waals surface area contributed by atoms with Crippen molar-refractivity contribution in [3.63, 3.8) is 0 Å². The predicted octanol–water partition coefficient (Wildman–Crippen LogP) is 3.90. The first-order valence-electron chi connectivity index (χ1n) is 9.46. The fourth-order valence-electron chi connectivity index (χ4n) is 3.67. The van der Waals surface area contributed by atoms with E-state index in [9.17, 15) is 22.8 Å². The molecule has 1 heterocycles. The zero-order valence-corrected chi connectivity index (χ0v) is 17.9. The molecule has 0 bridgehead atoms. The highest BCUT2D eigenvalue weighted by atomic mass is 79.9. The Kier molecular flexibility index (Phi) is 6.68. The molecule has 0 aromatic heterocycles. The predicted molar refractivity (Wildman–Crippen MR) is 114 cm³/mol. The van der Waals surface area contributed by atoms with Gasteiger partial charge in [0.1, 0.15) is 0 Å². The maximum atomic E-state index is 13.7. The molecule has 2 amide bonds. The summed E-state index contributed by atoms with van der Waals surface area (Å²) in [5.41, 5.74) is 9.77. The number of alkyl halides is 3. The van der Waals surface area contributed by atoms with E-state index in [-0.39, 0.29) is 17.0 Å². The minimum atomic E-state index is -4.65. The Hall–Kier alpha value is -2.88. The molecule has 164 valence electrons. The van der Waals surface area contributed by atoms with Crippen LogP contribution in [0.4, 0.5) is 13.2 Å². The zero-order chi connectivity index (χ0) is 22.8. The average molecular weight is 497 g/mol. The van der Waals surface area contributed by atoms with E-state index in [2.05, 4.69) is 20.9 Å². The first-order valence-corrected chi connectivity index (χ1v) is 10.3. The number of benzene rings is 2. The van der Waals surface area contributed by atoms with Gasteiger partial charge in [0.25, 0.3) is 11.8 Å². The quantitative estimate of drug-likeness (QED) is 0.496. The van der Waals surface area contributed by atoms with Crippen LogP contribution in [0.5, 0.6) is 0 Å². The van der Waals surface area contributed by atoms with Crippen molar-refractivity contribution in [1.82, 2.24) is 4.90 Å². The Labute approximate surface area is 185 Å². The van der Waals surface area contributed by atoms with Crippen LogP contribution in [-0.4, -0.2) is 35.8 Å². The molecule has 0 radical (unpaired) electrons. The molecule has 0 aliphatic carbocycles. The van der Waals surface area contributed by atoms with Gasteiger partial charge < -0.3 is 16.4 Å². The summed E-state index contributed by atoms with van der Waals surface area (Å²) in [6.45, 7) is 0.671. The van der Waals surface area contributed by atoms with Crippen LogP contribution in [0.3, 0.4) is 0 Å². The second-order valence-corrected chi connectivity index (χ2v) is 8.13.